The van der Waals surface area contributed by atoms with Gasteiger partial charge in [-0.25, -0.2) is 0 Å². The molecule has 0 spiro atoms. The molecule has 2 atom stereocenters. The molecule has 1 amide bonds. The number of nitrogens with one attached hydrogen (secondary N) is 1. The lowest BCUT2D eigenvalue weighted by Gasteiger charge is -2.17. The summed E-state index contributed by atoms with van der Waals surface area (Å²) in [5.74, 6) is 1.33. The van der Waals surface area contributed by atoms with Crippen LogP contribution in [0.4, 0.5) is 0 Å². The lowest BCUT2D eigenvalue weighted by molar-refractivity contribution is -0.128. The largest absolute Gasteiger partial charge is 0.493 e. The summed E-state index contributed by atoms with van der Waals surface area (Å²) in [6.07, 6.45) is 0.571. The Bertz CT molecular complexity index is 824. The number of carbonyl (C=O) groups excluding carboxylic acids is 1. The number of rotatable bonds is 8. The fourth-order valence-corrected chi connectivity index (χ4v) is 3.61. The molecule has 0 bridgehead atoms. The van der Waals surface area contributed by atoms with E-state index in [1.807, 2.05) is 43.3 Å². The zero-order chi connectivity index (χ0) is 20.3. The van der Waals surface area contributed by atoms with Gasteiger partial charge in [-0.3, -0.25) is 4.79 Å². The van der Waals surface area contributed by atoms with Gasteiger partial charge >= 0.3 is 0 Å². The highest BCUT2D eigenvalue weighted by atomic mass is 16.5. The Hall–Kier alpha value is -2.73. The van der Waals surface area contributed by atoms with E-state index < -0.39 is 5.41 Å². The van der Waals surface area contributed by atoms with Gasteiger partial charge < -0.3 is 24.6 Å². The van der Waals surface area contributed by atoms with Crippen LogP contribution in [0.15, 0.2) is 36.4 Å². The van der Waals surface area contributed by atoms with Gasteiger partial charge in [-0.2, -0.15) is 0 Å². The Morgan fingerprint density at radius 1 is 1.11 bits per heavy atom. The summed E-state index contributed by atoms with van der Waals surface area (Å²) in [7, 11) is 4.66. The van der Waals surface area contributed by atoms with E-state index in [1.165, 1.54) is 5.56 Å². The molecule has 0 aromatic heterocycles. The lowest BCUT2D eigenvalue weighted by atomic mass is 9.98. The molecular weight excluding hydrogens is 358 g/mol. The molecule has 2 aromatic rings. The molecule has 6 heteroatoms. The van der Waals surface area contributed by atoms with Crippen LogP contribution in [-0.2, 0) is 11.3 Å². The summed E-state index contributed by atoms with van der Waals surface area (Å²) in [6.45, 7) is 2.24. The third kappa shape index (κ3) is 3.64. The van der Waals surface area contributed by atoms with Crippen LogP contribution in [0, 0.1) is 12.3 Å². The molecule has 1 aliphatic carbocycles. The van der Waals surface area contributed by atoms with Crippen LogP contribution in [0.2, 0.25) is 0 Å². The summed E-state index contributed by atoms with van der Waals surface area (Å²) < 4.78 is 16.2. The number of aryl methyl sites for hydroxylation is 1. The summed E-state index contributed by atoms with van der Waals surface area (Å²) in [6, 6.07) is 11.7. The molecule has 6 nitrogen and oxygen atoms in total. The second-order valence-electron chi connectivity index (χ2n) is 7.20. The number of hydrogen-bond donors (Lipinski definition) is 2. The minimum atomic E-state index is -0.824. The van der Waals surface area contributed by atoms with Crippen molar-refractivity contribution in [3.63, 3.8) is 0 Å². The number of hydrogen-bond acceptors (Lipinski definition) is 5. The van der Waals surface area contributed by atoms with E-state index in [9.17, 15) is 9.90 Å². The third-order valence-electron chi connectivity index (χ3n) is 5.47. The fourth-order valence-electron chi connectivity index (χ4n) is 3.61. The maximum absolute atomic E-state index is 12.9. The predicted octanol–water partition coefficient (Wildman–Crippen LogP) is 2.80. The van der Waals surface area contributed by atoms with Crippen LogP contribution in [-0.4, -0.2) is 38.9 Å². The number of benzene rings is 2. The van der Waals surface area contributed by atoms with Gasteiger partial charge in [0, 0.05) is 12.5 Å². The molecule has 2 N–H and O–H groups in total. The van der Waals surface area contributed by atoms with Crippen molar-refractivity contribution in [2.75, 3.05) is 27.9 Å². The van der Waals surface area contributed by atoms with Crippen molar-refractivity contribution in [1.82, 2.24) is 5.32 Å². The molecule has 0 saturated heterocycles. The first-order chi connectivity index (χ1) is 13.5. The monoisotopic (exact) mass is 385 g/mol. The average molecular weight is 385 g/mol. The first-order valence-corrected chi connectivity index (χ1v) is 9.23. The maximum atomic E-state index is 12.9. The highest BCUT2D eigenvalue weighted by Crippen LogP contribution is 2.60. The van der Waals surface area contributed by atoms with Crippen molar-refractivity contribution in [3.8, 4) is 17.2 Å². The molecular formula is C22H27NO5. The molecule has 1 fully saturated rings. The van der Waals surface area contributed by atoms with Crippen molar-refractivity contribution >= 4 is 5.91 Å². The van der Waals surface area contributed by atoms with Gasteiger partial charge in [-0.1, -0.05) is 29.8 Å². The molecule has 1 aliphatic rings. The van der Waals surface area contributed by atoms with Crippen molar-refractivity contribution in [2.24, 2.45) is 5.41 Å². The van der Waals surface area contributed by atoms with Crippen molar-refractivity contribution in [1.29, 1.82) is 0 Å². The Labute approximate surface area is 165 Å². The molecule has 150 valence electrons. The Kier molecular flexibility index (Phi) is 5.79. The normalized spacial score (nSPS) is 20.4. The second kappa shape index (κ2) is 8.10. The SMILES string of the molecule is COc1cc([C@H]2C[C@@]2(CO)C(=O)NCc2ccc(C)cc2)cc(OC)c1OC. The van der Waals surface area contributed by atoms with Gasteiger partial charge in [0.2, 0.25) is 11.7 Å². The number of aliphatic hydroxyl groups is 1. The Morgan fingerprint density at radius 2 is 1.71 bits per heavy atom. The number of aliphatic hydroxyl groups excluding tert-OH is 1. The minimum Gasteiger partial charge on any atom is -0.493 e. The molecule has 0 unspecified atom stereocenters. The molecule has 2 aromatic carbocycles. The topological polar surface area (TPSA) is 77.0 Å². The van der Waals surface area contributed by atoms with Crippen LogP contribution in [0.1, 0.15) is 29.0 Å². The van der Waals surface area contributed by atoms with Crippen LogP contribution < -0.4 is 19.5 Å². The van der Waals surface area contributed by atoms with Crippen LogP contribution >= 0.6 is 0 Å². The van der Waals surface area contributed by atoms with Crippen molar-refractivity contribution < 1.29 is 24.1 Å². The number of carbonyl (C=O) groups is 1. The van der Waals surface area contributed by atoms with Gasteiger partial charge in [-0.05, 0) is 36.6 Å². The quantitative estimate of drug-likeness (QED) is 0.731. The number of ether oxygens (including phenoxy) is 3. The van der Waals surface area contributed by atoms with E-state index in [0.29, 0.717) is 30.2 Å². The molecule has 0 radical (unpaired) electrons. The lowest BCUT2D eigenvalue weighted by Crippen LogP contribution is -2.35. The van der Waals surface area contributed by atoms with Crippen molar-refractivity contribution in [2.45, 2.75) is 25.8 Å². The van der Waals surface area contributed by atoms with E-state index >= 15 is 0 Å². The first kappa shape index (κ1) is 20.0. The smallest absolute Gasteiger partial charge is 0.229 e. The van der Waals surface area contributed by atoms with Gasteiger partial charge in [-0.15, -0.1) is 0 Å². The Morgan fingerprint density at radius 3 is 2.21 bits per heavy atom. The van der Waals surface area contributed by atoms with Crippen LogP contribution in [0.5, 0.6) is 17.2 Å². The fraction of sp³-hybridized carbons (Fsp3) is 0.409. The summed E-state index contributed by atoms with van der Waals surface area (Å²) in [5.41, 5.74) is 2.26. The molecule has 0 aliphatic heterocycles. The van der Waals surface area contributed by atoms with Gasteiger partial charge in [0.1, 0.15) is 0 Å². The van der Waals surface area contributed by atoms with Crippen LogP contribution in [0.3, 0.4) is 0 Å². The highest BCUT2D eigenvalue weighted by Gasteiger charge is 2.60. The highest BCUT2D eigenvalue weighted by molar-refractivity contribution is 5.87. The van der Waals surface area contributed by atoms with E-state index in [1.54, 1.807) is 21.3 Å². The maximum Gasteiger partial charge on any atom is 0.229 e. The Balaban J connectivity index is 1.77. The van der Waals surface area contributed by atoms with E-state index in [-0.39, 0.29) is 18.4 Å². The first-order valence-electron chi connectivity index (χ1n) is 9.23. The van der Waals surface area contributed by atoms with Gasteiger partial charge in [0.25, 0.3) is 0 Å². The van der Waals surface area contributed by atoms with Crippen LogP contribution in [0.25, 0.3) is 0 Å². The molecule has 0 heterocycles. The van der Waals surface area contributed by atoms with Gasteiger partial charge in [0.05, 0.1) is 33.4 Å². The predicted molar refractivity (Wildman–Crippen MR) is 106 cm³/mol. The van der Waals surface area contributed by atoms with Crippen molar-refractivity contribution in [3.05, 3.63) is 53.1 Å². The molecule has 1 saturated carbocycles. The zero-order valence-electron chi connectivity index (χ0n) is 16.7. The summed E-state index contributed by atoms with van der Waals surface area (Å²) >= 11 is 0. The second-order valence-corrected chi connectivity index (χ2v) is 7.20. The number of methoxy groups -OCH3 is 3. The standard InChI is InChI=1S/C22H27NO5/c1-14-5-7-15(8-6-14)12-23-21(25)22(13-24)11-17(22)16-9-18(26-2)20(28-4)19(10-16)27-3/h5-10,17,24H,11-13H2,1-4H3,(H,23,25)/t17-,22+/m1/s1. The zero-order valence-corrected chi connectivity index (χ0v) is 16.7. The minimum absolute atomic E-state index is 0.107. The van der Waals surface area contributed by atoms with Gasteiger partial charge in [0.15, 0.2) is 11.5 Å². The average Bonchev–Trinajstić information content (AvgIpc) is 3.48. The number of amides is 1. The third-order valence-corrected chi connectivity index (χ3v) is 5.47. The van der Waals surface area contributed by atoms with E-state index in [4.69, 9.17) is 14.2 Å². The van der Waals surface area contributed by atoms with E-state index in [0.717, 1.165) is 11.1 Å². The summed E-state index contributed by atoms with van der Waals surface area (Å²) in [4.78, 5) is 12.9. The summed E-state index contributed by atoms with van der Waals surface area (Å²) in [5, 5.41) is 13.0. The molecule has 3 rings (SSSR count). The van der Waals surface area contributed by atoms with E-state index in [2.05, 4.69) is 5.32 Å². The molecule has 28 heavy (non-hydrogen) atoms.